The van der Waals surface area contributed by atoms with Crippen molar-refractivity contribution in [2.24, 2.45) is 0 Å². The van der Waals surface area contributed by atoms with E-state index in [1.54, 1.807) is 57.4 Å². The molecule has 2 aromatic carbocycles. The van der Waals surface area contributed by atoms with Crippen LogP contribution in [0.2, 0.25) is 0 Å². The molecular weight excluding hydrogens is 383 g/mol. The minimum Gasteiger partial charge on any atom is -0.497 e. The number of rotatable bonds is 8. The molecule has 0 aliphatic carbocycles. The molecule has 0 aliphatic heterocycles. The summed E-state index contributed by atoms with van der Waals surface area (Å²) in [4.78, 5) is 12.6. The minimum atomic E-state index is -0.633. The zero-order valence-corrected chi connectivity index (χ0v) is 16.4. The van der Waals surface area contributed by atoms with Crippen molar-refractivity contribution in [3.05, 3.63) is 65.8 Å². The number of ketones is 1. The van der Waals surface area contributed by atoms with Gasteiger partial charge in [-0.15, -0.1) is 10.2 Å². The molecule has 28 heavy (non-hydrogen) atoms. The van der Waals surface area contributed by atoms with Gasteiger partial charge in [0.15, 0.2) is 23.5 Å². The first-order valence-corrected chi connectivity index (χ1v) is 9.45. The number of thioether (sulfide) groups is 1. The number of carbonyl (C=O) groups excluding carboxylic acids is 1. The molecule has 8 heteroatoms. The van der Waals surface area contributed by atoms with Gasteiger partial charge in [0, 0.05) is 5.56 Å². The summed E-state index contributed by atoms with van der Waals surface area (Å²) in [5.41, 5.74) is 0.566. The van der Waals surface area contributed by atoms with E-state index in [4.69, 9.17) is 13.9 Å². The van der Waals surface area contributed by atoms with Gasteiger partial charge in [0.25, 0.3) is 11.1 Å². The normalized spacial score (nSPS) is 13.0. The summed E-state index contributed by atoms with van der Waals surface area (Å²) in [6, 6.07) is 13.0. The second-order valence-corrected chi connectivity index (χ2v) is 7.24. The van der Waals surface area contributed by atoms with Gasteiger partial charge in [-0.05, 0) is 50.2 Å². The van der Waals surface area contributed by atoms with Gasteiger partial charge in [-0.25, -0.2) is 4.39 Å². The van der Waals surface area contributed by atoms with E-state index in [9.17, 15) is 9.18 Å². The first-order valence-electron chi connectivity index (χ1n) is 8.57. The molecule has 1 heterocycles. The summed E-state index contributed by atoms with van der Waals surface area (Å²) in [6.07, 6.45) is -0.633. The maximum absolute atomic E-state index is 13.7. The maximum Gasteiger partial charge on any atom is 0.277 e. The fourth-order valence-electron chi connectivity index (χ4n) is 2.41. The molecule has 0 amide bonds. The van der Waals surface area contributed by atoms with Crippen molar-refractivity contribution in [1.82, 2.24) is 10.2 Å². The second-order valence-electron chi connectivity index (χ2n) is 5.95. The van der Waals surface area contributed by atoms with Crippen LogP contribution in [0.1, 0.15) is 36.2 Å². The lowest BCUT2D eigenvalue weighted by Gasteiger charge is -2.11. The highest BCUT2D eigenvalue weighted by atomic mass is 32.2. The molecule has 2 unspecified atom stereocenters. The van der Waals surface area contributed by atoms with E-state index in [0.29, 0.717) is 11.3 Å². The fourth-order valence-corrected chi connectivity index (χ4v) is 3.18. The van der Waals surface area contributed by atoms with Crippen LogP contribution < -0.4 is 9.47 Å². The number of methoxy groups -OCH3 is 1. The van der Waals surface area contributed by atoms with Gasteiger partial charge in [-0.2, -0.15) is 0 Å². The Morgan fingerprint density at radius 2 is 1.82 bits per heavy atom. The molecule has 0 saturated heterocycles. The standard InChI is InChI=1S/C20H19FN2O4S/c1-12(26-17-7-5-4-6-16(17)21)19-22-23-20(27-19)28-13(2)18(24)14-8-10-15(25-3)11-9-14/h4-13H,1-3H3. The summed E-state index contributed by atoms with van der Waals surface area (Å²) in [6.45, 7) is 3.45. The number of benzene rings is 2. The zero-order chi connectivity index (χ0) is 20.1. The Labute approximate surface area is 166 Å². The van der Waals surface area contributed by atoms with E-state index in [1.807, 2.05) is 0 Å². The number of ether oxygens (including phenoxy) is 2. The van der Waals surface area contributed by atoms with E-state index < -0.39 is 17.2 Å². The molecule has 0 bridgehead atoms. The second kappa shape index (κ2) is 8.88. The van der Waals surface area contributed by atoms with E-state index in [-0.39, 0.29) is 22.6 Å². The molecule has 1 aromatic heterocycles. The van der Waals surface area contributed by atoms with Gasteiger partial charge in [-0.1, -0.05) is 23.9 Å². The number of nitrogens with zero attached hydrogens (tertiary/aromatic N) is 2. The molecule has 6 nitrogen and oxygen atoms in total. The number of hydrogen-bond acceptors (Lipinski definition) is 7. The highest BCUT2D eigenvalue weighted by Crippen LogP contribution is 2.28. The highest BCUT2D eigenvalue weighted by Gasteiger charge is 2.22. The molecule has 3 aromatic rings. The smallest absolute Gasteiger partial charge is 0.277 e. The van der Waals surface area contributed by atoms with Crippen LogP contribution in [0.5, 0.6) is 11.5 Å². The number of Topliss-reactive ketones (excluding diaryl/α,β-unsaturated/α-hetero) is 1. The Morgan fingerprint density at radius 3 is 2.50 bits per heavy atom. The third kappa shape index (κ3) is 4.69. The van der Waals surface area contributed by atoms with Crippen LogP contribution in [0.25, 0.3) is 0 Å². The molecule has 146 valence electrons. The van der Waals surface area contributed by atoms with Gasteiger partial charge in [0.1, 0.15) is 5.75 Å². The lowest BCUT2D eigenvalue weighted by Crippen LogP contribution is -2.13. The number of carbonyl (C=O) groups is 1. The number of halogens is 1. The minimum absolute atomic E-state index is 0.0666. The summed E-state index contributed by atoms with van der Waals surface area (Å²) >= 11 is 1.15. The predicted octanol–water partition coefficient (Wildman–Crippen LogP) is 4.72. The summed E-state index contributed by atoms with van der Waals surface area (Å²) in [5.74, 6) is 0.452. The summed E-state index contributed by atoms with van der Waals surface area (Å²) < 4.78 is 29.9. The van der Waals surface area contributed by atoms with E-state index in [0.717, 1.165) is 11.8 Å². The van der Waals surface area contributed by atoms with Crippen molar-refractivity contribution in [3.8, 4) is 11.5 Å². The topological polar surface area (TPSA) is 74.5 Å². The zero-order valence-electron chi connectivity index (χ0n) is 15.6. The Bertz CT molecular complexity index is 945. The SMILES string of the molecule is COc1ccc(C(=O)C(C)Sc2nnc(C(C)Oc3ccccc3F)o2)cc1. The molecule has 0 N–H and O–H groups in total. The number of para-hydroxylation sites is 1. The van der Waals surface area contributed by atoms with Gasteiger partial charge in [0.05, 0.1) is 12.4 Å². The molecule has 0 radical (unpaired) electrons. The number of hydrogen-bond donors (Lipinski definition) is 0. The Morgan fingerprint density at radius 1 is 1.11 bits per heavy atom. The summed E-state index contributed by atoms with van der Waals surface area (Å²) in [5, 5.41) is 7.70. The van der Waals surface area contributed by atoms with Crippen molar-refractivity contribution < 1.29 is 23.1 Å². The molecule has 0 saturated carbocycles. The van der Waals surface area contributed by atoms with Gasteiger partial charge >= 0.3 is 0 Å². The van der Waals surface area contributed by atoms with Crippen molar-refractivity contribution in [2.75, 3.05) is 7.11 Å². The van der Waals surface area contributed by atoms with Crippen LogP contribution in [0.4, 0.5) is 4.39 Å². The van der Waals surface area contributed by atoms with Crippen LogP contribution in [0.3, 0.4) is 0 Å². The van der Waals surface area contributed by atoms with Crippen LogP contribution in [-0.2, 0) is 0 Å². The number of aromatic nitrogens is 2. The third-order valence-corrected chi connectivity index (χ3v) is 4.87. The molecular formula is C20H19FN2O4S. The Hall–Kier alpha value is -2.87. The lowest BCUT2D eigenvalue weighted by molar-refractivity contribution is 0.0993. The molecule has 3 rings (SSSR count). The van der Waals surface area contributed by atoms with Crippen LogP contribution in [0.15, 0.2) is 58.2 Å². The monoisotopic (exact) mass is 402 g/mol. The van der Waals surface area contributed by atoms with E-state index >= 15 is 0 Å². The predicted molar refractivity (Wildman–Crippen MR) is 102 cm³/mol. The van der Waals surface area contributed by atoms with Crippen LogP contribution in [-0.4, -0.2) is 28.3 Å². The first-order chi connectivity index (χ1) is 13.5. The molecule has 0 spiro atoms. The van der Waals surface area contributed by atoms with Crippen molar-refractivity contribution >= 4 is 17.5 Å². The Kier molecular flexibility index (Phi) is 6.30. The lowest BCUT2D eigenvalue weighted by atomic mass is 10.1. The maximum atomic E-state index is 13.7. The van der Waals surface area contributed by atoms with Crippen LogP contribution >= 0.6 is 11.8 Å². The van der Waals surface area contributed by atoms with Crippen LogP contribution in [0, 0.1) is 5.82 Å². The van der Waals surface area contributed by atoms with E-state index in [1.165, 1.54) is 12.1 Å². The van der Waals surface area contributed by atoms with Gasteiger partial charge < -0.3 is 13.9 Å². The van der Waals surface area contributed by atoms with Crippen molar-refractivity contribution in [3.63, 3.8) is 0 Å². The average molecular weight is 402 g/mol. The first kappa shape index (κ1) is 19.9. The van der Waals surface area contributed by atoms with Gasteiger partial charge in [-0.3, -0.25) is 4.79 Å². The summed E-state index contributed by atoms with van der Waals surface area (Å²) in [7, 11) is 1.57. The van der Waals surface area contributed by atoms with Gasteiger partial charge in [0.2, 0.25) is 0 Å². The third-order valence-electron chi connectivity index (χ3n) is 3.93. The molecule has 0 aliphatic rings. The largest absolute Gasteiger partial charge is 0.497 e. The quantitative estimate of drug-likeness (QED) is 0.399. The molecule has 0 fully saturated rings. The molecule has 2 atom stereocenters. The Balaban J connectivity index is 1.63. The average Bonchev–Trinajstić information content (AvgIpc) is 3.18. The highest BCUT2D eigenvalue weighted by molar-refractivity contribution is 8.00. The van der Waals surface area contributed by atoms with E-state index in [2.05, 4.69) is 10.2 Å². The van der Waals surface area contributed by atoms with Crippen molar-refractivity contribution in [2.45, 2.75) is 30.4 Å². The van der Waals surface area contributed by atoms with Crippen molar-refractivity contribution in [1.29, 1.82) is 0 Å². The fraction of sp³-hybridized carbons (Fsp3) is 0.250.